The van der Waals surface area contributed by atoms with E-state index in [2.05, 4.69) is 50.0 Å². The molecule has 1 aliphatic rings. The number of rotatable bonds is 9. The maximum atomic E-state index is 5.72. The number of ether oxygens (including phenoxy) is 1. The van der Waals surface area contributed by atoms with Gasteiger partial charge in [-0.3, -0.25) is 4.90 Å². The molecule has 4 heteroatoms. The fraction of sp³-hybridized carbons (Fsp3) is 1.00. The van der Waals surface area contributed by atoms with Gasteiger partial charge in [0.25, 0.3) is 0 Å². The first kappa shape index (κ1) is 17.9. The molecule has 1 N–H and O–H groups in total. The van der Waals surface area contributed by atoms with E-state index in [0.717, 1.165) is 45.8 Å². The van der Waals surface area contributed by atoms with Crippen LogP contribution in [0.15, 0.2) is 0 Å². The van der Waals surface area contributed by atoms with Gasteiger partial charge < -0.3 is 15.0 Å². The van der Waals surface area contributed by atoms with Gasteiger partial charge in [0.05, 0.1) is 6.61 Å². The summed E-state index contributed by atoms with van der Waals surface area (Å²) in [5.41, 5.74) is 0. The summed E-state index contributed by atoms with van der Waals surface area (Å²) >= 11 is 0. The van der Waals surface area contributed by atoms with Gasteiger partial charge in [0.1, 0.15) is 0 Å². The Hall–Kier alpha value is -0.160. The molecular formula is C16H35N3O. The van der Waals surface area contributed by atoms with Crippen molar-refractivity contribution in [1.29, 1.82) is 0 Å². The van der Waals surface area contributed by atoms with Crippen LogP contribution in [0.3, 0.4) is 0 Å². The van der Waals surface area contributed by atoms with Gasteiger partial charge in [0.15, 0.2) is 0 Å². The van der Waals surface area contributed by atoms with Gasteiger partial charge in [-0.1, -0.05) is 13.8 Å². The molecule has 0 aliphatic carbocycles. The average Bonchev–Trinajstić information content (AvgIpc) is 2.42. The van der Waals surface area contributed by atoms with Crippen LogP contribution in [0.5, 0.6) is 0 Å². The first-order valence-corrected chi connectivity index (χ1v) is 8.28. The van der Waals surface area contributed by atoms with E-state index in [-0.39, 0.29) is 0 Å². The van der Waals surface area contributed by atoms with Crippen molar-refractivity contribution in [3.63, 3.8) is 0 Å². The summed E-state index contributed by atoms with van der Waals surface area (Å²) in [5, 5.41) is 3.71. The van der Waals surface area contributed by atoms with Crippen LogP contribution in [0.2, 0.25) is 0 Å². The first-order chi connectivity index (χ1) is 9.58. The largest absolute Gasteiger partial charge is 0.381 e. The Bertz CT molecular complexity index is 248. The second kappa shape index (κ2) is 9.72. The molecule has 1 aliphatic heterocycles. The molecule has 120 valence electrons. The van der Waals surface area contributed by atoms with E-state index in [1.54, 1.807) is 0 Å². The van der Waals surface area contributed by atoms with E-state index < -0.39 is 0 Å². The van der Waals surface area contributed by atoms with Crippen LogP contribution in [0.4, 0.5) is 0 Å². The highest BCUT2D eigenvalue weighted by molar-refractivity contribution is 4.83. The minimum Gasteiger partial charge on any atom is -0.381 e. The topological polar surface area (TPSA) is 27.7 Å². The van der Waals surface area contributed by atoms with Crippen molar-refractivity contribution in [1.82, 2.24) is 15.1 Å². The Balaban J connectivity index is 2.51. The lowest BCUT2D eigenvalue weighted by Crippen LogP contribution is -2.50. The van der Waals surface area contributed by atoms with E-state index in [9.17, 15) is 0 Å². The predicted octanol–water partition coefficient (Wildman–Crippen LogP) is 1.66. The van der Waals surface area contributed by atoms with Crippen molar-refractivity contribution in [3.8, 4) is 0 Å². The molecule has 0 saturated carbocycles. The third-order valence-corrected chi connectivity index (χ3v) is 4.26. The van der Waals surface area contributed by atoms with Crippen molar-refractivity contribution in [2.45, 2.75) is 45.7 Å². The standard InChI is InChI=1S/C16H35N3O/c1-6-9-17-16-8-10-20-13-15(16)12-19(7-2)14(3)11-18(4)5/h14-17H,6-13H2,1-5H3. The maximum absolute atomic E-state index is 5.72. The van der Waals surface area contributed by atoms with E-state index in [1.165, 1.54) is 6.42 Å². The molecular weight excluding hydrogens is 250 g/mol. The van der Waals surface area contributed by atoms with Gasteiger partial charge in [-0.2, -0.15) is 0 Å². The molecule has 1 saturated heterocycles. The van der Waals surface area contributed by atoms with Gasteiger partial charge in [-0.15, -0.1) is 0 Å². The van der Waals surface area contributed by atoms with E-state index in [0.29, 0.717) is 18.0 Å². The van der Waals surface area contributed by atoms with Crippen molar-refractivity contribution < 1.29 is 4.74 Å². The molecule has 0 amide bonds. The first-order valence-electron chi connectivity index (χ1n) is 8.28. The lowest BCUT2D eigenvalue weighted by Gasteiger charge is -2.38. The van der Waals surface area contributed by atoms with Crippen LogP contribution < -0.4 is 5.32 Å². The summed E-state index contributed by atoms with van der Waals surface area (Å²) in [4.78, 5) is 4.87. The van der Waals surface area contributed by atoms with Gasteiger partial charge in [0, 0.05) is 37.7 Å². The molecule has 0 aromatic carbocycles. The molecule has 0 aromatic rings. The lowest BCUT2D eigenvalue weighted by molar-refractivity contribution is 0.0104. The van der Waals surface area contributed by atoms with E-state index in [1.807, 2.05) is 0 Å². The van der Waals surface area contributed by atoms with Gasteiger partial charge in [-0.25, -0.2) is 0 Å². The molecule has 20 heavy (non-hydrogen) atoms. The summed E-state index contributed by atoms with van der Waals surface area (Å²) in [6.07, 6.45) is 2.36. The third-order valence-electron chi connectivity index (χ3n) is 4.26. The average molecular weight is 285 g/mol. The van der Waals surface area contributed by atoms with Gasteiger partial charge >= 0.3 is 0 Å². The second-order valence-corrected chi connectivity index (χ2v) is 6.38. The highest BCUT2D eigenvalue weighted by Crippen LogP contribution is 2.17. The number of nitrogens with zero attached hydrogens (tertiary/aromatic N) is 2. The molecule has 3 atom stereocenters. The summed E-state index contributed by atoms with van der Waals surface area (Å²) in [5.74, 6) is 0.625. The lowest BCUT2D eigenvalue weighted by atomic mass is 9.94. The summed E-state index contributed by atoms with van der Waals surface area (Å²) in [6, 6.07) is 1.23. The molecule has 1 heterocycles. The highest BCUT2D eigenvalue weighted by atomic mass is 16.5. The molecule has 1 rings (SSSR count). The minimum atomic E-state index is 0.601. The molecule has 0 radical (unpaired) electrons. The Morgan fingerprint density at radius 1 is 1.30 bits per heavy atom. The van der Waals surface area contributed by atoms with Crippen LogP contribution in [-0.4, -0.2) is 75.4 Å². The number of hydrogen-bond donors (Lipinski definition) is 1. The molecule has 3 unspecified atom stereocenters. The van der Waals surface area contributed by atoms with Crippen molar-refractivity contribution in [2.75, 3.05) is 53.5 Å². The predicted molar refractivity (Wildman–Crippen MR) is 86.3 cm³/mol. The molecule has 1 fully saturated rings. The Morgan fingerprint density at radius 2 is 2.05 bits per heavy atom. The van der Waals surface area contributed by atoms with Crippen LogP contribution in [0.25, 0.3) is 0 Å². The van der Waals surface area contributed by atoms with E-state index >= 15 is 0 Å². The summed E-state index contributed by atoms with van der Waals surface area (Å²) < 4.78 is 5.72. The normalized spacial score (nSPS) is 25.4. The van der Waals surface area contributed by atoms with Crippen LogP contribution in [0.1, 0.15) is 33.6 Å². The fourth-order valence-electron chi connectivity index (χ4n) is 3.14. The minimum absolute atomic E-state index is 0.601. The smallest absolute Gasteiger partial charge is 0.0521 e. The molecule has 0 bridgehead atoms. The Kier molecular flexibility index (Phi) is 8.69. The summed E-state index contributed by atoms with van der Waals surface area (Å²) in [6.45, 7) is 13.2. The van der Waals surface area contributed by atoms with Crippen LogP contribution >= 0.6 is 0 Å². The Labute approximate surface area is 125 Å². The van der Waals surface area contributed by atoms with Crippen LogP contribution in [-0.2, 0) is 4.74 Å². The van der Waals surface area contributed by atoms with Crippen molar-refractivity contribution in [2.24, 2.45) is 5.92 Å². The number of hydrogen-bond acceptors (Lipinski definition) is 4. The third kappa shape index (κ3) is 6.08. The molecule has 0 spiro atoms. The molecule has 0 aromatic heterocycles. The highest BCUT2D eigenvalue weighted by Gasteiger charge is 2.28. The second-order valence-electron chi connectivity index (χ2n) is 6.38. The maximum Gasteiger partial charge on any atom is 0.0521 e. The fourth-order valence-corrected chi connectivity index (χ4v) is 3.14. The molecule has 4 nitrogen and oxygen atoms in total. The SMILES string of the molecule is CCCNC1CCOCC1CN(CC)C(C)CN(C)C. The summed E-state index contributed by atoms with van der Waals surface area (Å²) in [7, 11) is 4.30. The van der Waals surface area contributed by atoms with Crippen LogP contribution in [0, 0.1) is 5.92 Å². The van der Waals surface area contributed by atoms with E-state index in [4.69, 9.17) is 4.74 Å². The zero-order valence-electron chi connectivity index (χ0n) is 14.2. The zero-order valence-corrected chi connectivity index (χ0v) is 14.2. The number of nitrogens with one attached hydrogen (secondary N) is 1. The van der Waals surface area contributed by atoms with Gasteiger partial charge in [-0.05, 0) is 47.0 Å². The quantitative estimate of drug-likeness (QED) is 0.697. The van der Waals surface area contributed by atoms with Gasteiger partial charge in [0.2, 0.25) is 0 Å². The van der Waals surface area contributed by atoms with Crippen molar-refractivity contribution in [3.05, 3.63) is 0 Å². The number of likely N-dealkylation sites (N-methyl/N-ethyl adjacent to an activating group) is 2. The zero-order chi connectivity index (χ0) is 15.0. The monoisotopic (exact) mass is 285 g/mol. The van der Waals surface area contributed by atoms with Crippen molar-refractivity contribution >= 4 is 0 Å². The Morgan fingerprint density at radius 3 is 2.65 bits per heavy atom.